The summed E-state index contributed by atoms with van der Waals surface area (Å²) in [5.74, 6) is -2.40. The Morgan fingerprint density at radius 3 is 2.50 bits per heavy atom. The van der Waals surface area contributed by atoms with Gasteiger partial charge in [0, 0.05) is 17.7 Å². The molecule has 0 atom stereocenters. The van der Waals surface area contributed by atoms with E-state index in [1.165, 1.54) is 12.1 Å². The summed E-state index contributed by atoms with van der Waals surface area (Å²) in [5.41, 5.74) is 6.54. The SMILES string of the molecule is C.Nc1ccc(NC(=O)C(F)(F)F)c2c1CCCC2=O. The quantitative estimate of drug-likeness (QED) is 0.780. The molecule has 0 unspecified atom stereocenters. The van der Waals surface area contributed by atoms with Gasteiger partial charge in [-0.3, -0.25) is 9.59 Å². The Morgan fingerprint density at radius 2 is 1.90 bits per heavy atom. The summed E-state index contributed by atoms with van der Waals surface area (Å²) < 4.78 is 36.7. The molecule has 0 radical (unpaired) electrons. The zero-order valence-corrected chi connectivity index (χ0v) is 9.80. The monoisotopic (exact) mass is 288 g/mol. The predicted molar refractivity (Wildman–Crippen MR) is 69.5 cm³/mol. The predicted octanol–water partition coefficient (Wildman–Crippen LogP) is 2.92. The highest BCUT2D eigenvalue weighted by atomic mass is 19.4. The number of nitrogens with one attached hydrogen (secondary N) is 1. The molecule has 20 heavy (non-hydrogen) atoms. The third-order valence-corrected chi connectivity index (χ3v) is 2.96. The molecule has 1 aliphatic rings. The molecule has 1 aromatic rings. The number of anilines is 2. The number of halogens is 3. The maximum Gasteiger partial charge on any atom is 0.471 e. The lowest BCUT2D eigenvalue weighted by Crippen LogP contribution is -2.31. The van der Waals surface area contributed by atoms with E-state index in [1.54, 1.807) is 5.32 Å². The molecule has 0 bridgehead atoms. The topological polar surface area (TPSA) is 72.2 Å². The molecule has 1 aliphatic carbocycles. The smallest absolute Gasteiger partial charge is 0.398 e. The van der Waals surface area contributed by atoms with Crippen molar-refractivity contribution in [3.05, 3.63) is 23.3 Å². The van der Waals surface area contributed by atoms with Crippen molar-refractivity contribution in [2.75, 3.05) is 11.1 Å². The van der Waals surface area contributed by atoms with Crippen LogP contribution in [0.5, 0.6) is 0 Å². The molecule has 110 valence electrons. The van der Waals surface area contributed by atoms with Gasteiger partial charge < -0.3 is 11.1 Å². The van der Waals surface area contributed by atoms with E-state index in [0.717, 1.165) is 0 Å². The Labute approximate surface area is 114 Å². The molecular formula is C13H15F3N2O2. The van der Waals surface area contributed by atoms with Crippen LogP contribution in [0.15, 0.2) is 12.1 Å². The van der Waals surface area contributed by atoms with Crippen molar-refractivity contribution >= 4 is 23.1 Å². The summed E-state index contributed by atoms with van der Waals surface area (Å²) in [6.07, 6.45) is -3.63. The molecule has 0 saturated heterocycles. The number of hydrogen-bond acceptors (Lipinski definition) is 3. The lowest BCUT2D eigenvalue weighted by Gasteiger charge is -2.20. The second-order valence-corrected chi connectivity index (χ2v) is 4.28. The van der Waals surface area contributed by atoms with E-state index in [1.807, 2.05) is 0 Å². The molecule has 2 rings (SSSR count). The first kappa shape index (κ1) is 16.0. The number of ketones is 1. The first-order valence-electron chi connectivity index (χ1n) is 5.63. The van der Waals surface area contributed by atoms with Gasteiger partial charge in [-0.2, -0.15) is 13.2 Å². The van der Waals surface area contributed by atoms with Gasteiger partial charge in [0.05, 0.1) is 5.69 Å². The largest absolute Gasteiger partial charge is 0.471 e. The van der Waals surface area contributed by atoms with Gasteiger partial charge in [-0.1, -0.05) is 7.43 Å². The normalized spacial score (nSPS) is 14.2. The highest BCUT2D eigenvalue weighted by molar-refractivity contribution is 6.08. The van der Waals surface area contributed by atoms with E-state index < -0.39 is 12.1 Å². The van der Waals surface area contributed by atoms with Crippen molar-refractivity contribution < 1.29 is 22.8 Å². The van der Waals surface area contributed by atoms with Gasteiger partial charge in [0.1, 0.15) is 0 Å². The molecule has 0 aliphatic heterocycles. The molecule has 4 nitrogen and oxygen atoms in total. The van der Waals surface area contributed by atoms with E-state index in [0.29, 0.717) is 24.1 Å². The first-order chi connectivity index (χ1) is 8.80. The lowest BCUT2D eigenvalue weighted by molar-refractivity contribution is -0.167. The van der Waals surface area contributed by atoms with E-state index >= 15 is 0 Å². The Hall–Kier alpha value is -2.05. The van der Waals surface area contributed by atoms with Crippen molar-refractivity contribution in [3.8, 4) is 0 Å². The molecule has 0 fully saturated rings. The summed E-state index contributed by atoms with van der Waals surface area (Å²) in [5, 5.41) is 1.73. The number of Topliss-reactive ketones (excluding diaryl/α,β-unsaturated/α-hetero) is 1. The van der Waals surface area contributed by atoms with E-state index in [9.17, 15) is 22.8 Å². The molecule has 1 amide bonds. The molecular weight excluding hydrogens is 273 g/mol. The zero-order valence-electron chi connectivity index (χ0n) is 9.80. The number of carbonyl (C=O) groups excluding carboxylic acids is 2. The van der Waals surface area contributed by atoms with Crippen molar-refractivity contribution in [1.29, 1.82) is 0 Å². The Kier molecular flexibility index (Phi) is 4.42. The van der Waals surface area contributed by atoms with Crippen LogP contribution in [0.2, 0.25) is 0 Å². The minimum atomic E-state index is -4.99. The third kappa shape index (κ3) is 2.92. The molecule has 0 aromatic heterocycles. The number of hydrogen-bond donors (Lipinski definition) is 2. The molecule has 0 spiro atoms. The third-order valence-electron chi connectivity index (χ3n) is 2.96. The van der Waals surface area contributed by atoms with Crippen LogP contribution in [0, 0.1) is 0 Å². The highest BCUT2D eigenvalue weighted by Gasteiger charge is 2.39. The maximum absolute atomic E-state index is 12.2. The van der Waals surface area contributed by atoms with Crippen LogP contribution in [0.3, 0.4) is 0 Å². The fourth-order valence-electron chi connectivity index (χ4n) is 2.10. The average molecular weight is 288 g/mol. The van der Waals surface area contributed by atoms with Crippen LogP contribution in [0.25, 0.3) is 0 Å². The van der Waals surface area contributed by atoms with Gasteiger partial charge in [0.15, 0.2) is 5.78 Å². The maximum atomic E-state index is 12.2. The minimum absolute atomic E-state index is 0. The second kappa shape index (κ2) is 5.52. The van der Waals surface area contributed by atoms with E-state index in [-0.39, 0.29) is 30.9 Å². The van der Waals surface area contributed by atoms with Gasteiger partial charge in [0.25, 0.3) is 0 Å². The summed E-state index contributed by atoms with van der Waals surface area (Å²) in [6.45, 7) is 0. The minimum Gasteiger partial charge on any atom is -0.398 e. The molecule has 0 heterocycles. The summed E-state index contributed by atoms with van der Waals surface area (Å²) in [6, 6.07) is 2.62. The molecule has 3 N–H and O–H groups in total. The fraction of sp³-hybridized carbons (Fsp3) is 0.385. The Balaban J connectivity index is 0.00000200. The number of alkyl halides is 3. The number of nitrogen functional groups attached to an aromatic ring is 1. The van der Waals surface area contributed by atoms with Crippen molar-refractivity contribution in [2.24, 2.45) is 0 Å². The van der Waals surface area contributed by atoms with Crippen LogP contribution >= 0.6 is 0 Å². The van der Waals surface area contributed by atoms with Crippen LogP contribution in [-0.2, 0) is 11.2 Å². The second-order valence-electron chi connectivity index (χ2n) is 4.28. The molecule has 1 aromatic carbocycles. The zero-order chi connectivity index (χ0) is 14.2. The van der Waals surface area contributed by atoms with Gasteiger partial charge in [-0.15, -0.1) is 0 Å². The number of amides is 1. The van der Waals surface area contributed by atoms with Crippen LogP contribution in [0.1, 0.15) is 36.2 Å². The van der Waals surface area contributed by atoms with Crippen molar-refractivity contribution in [2.45, 2.75) is 32.9 Å². The number of rotatable bonds is 1. The van der Waals surface area contributed by atoms with E-state index in [4.69, 9.17) is 5.73 Å². The number of carbonyl (C=O) groups is 2. The Morgan fingerprint density at radius 1 is 1.25 bits per heavy atom. The van der Waals surface area contributed by atoms with Gasteiger partial charge in [-0.05, 0) is 30.5 Å². The summed E-state index contributed by atoms with van der Waals surface area (Å²) in [4.78, 5) is 22.7. The fourth-order valence-corrected chi connectivity index (χ4v) is 2.10. The summed E-state index contributed by atoms with van der Waals surface area (Å²) in [7, 11) is 0. The van der Waals surface area contributed by atoms with Crippen molar-refractivity contribution in [1.82, 2.24) is 0 Å². The molecule has 7 heteroatoms. The Bertz CT molecular complexity index is 553. The van der Waals surface area contributed by atoms with Crippen LogP contribution < -0.4 is 11.1 Å². The van der Waals surface area contributed by atoms with Crippen molar-refractivity contribution in [3.63, 3.8) is 0 Å². The average Bonchev–Trinajstić information content (AvgIpc) is 2.32. The lowest BCUT2D eigenvalue weighted by atomic mass is 9.88. The van der Waals surface area contributed by atoms with Gasteiger partial charge in [0.2, 0.25) is 0 Å². The highest BCUT2D eigenvalue weighted by Crippen LogP contribution is 2.32. The number of nitrogens with two attached hydrogens (primary N) is 1. The van der Waals surface area contributed by atoms with Gasteiger partial charge >= 0.3 is 12.1 Å². The van der Waals surface area contributed by atoms with Gasteiger partial charge in [-0.25, -0.2) is 0 Å². The van der Waals surface area contributed by atoms with Crippen LogP contribution in [-0.4, -0.2) is 17.9 Å². The van der Waals surface area contributed by atoms with E-state index in [2.05, 4.69) is 0 Å². The standard InChI is InChI=1S/C12H11F3N2O2.CH4/c13-12(14,15)11(19)17-8-5-4-7(16)6-2-1-3-9(18)10(6)8;/h4-5H,1-3,16H2,(H,17,19);1H4. The molecule has 0 saturated carbocycles. The number of fused-ring (bicyclic) bond motifs is 1. The number of benzene rings is 1. The van der Waals surface area contributed by atoms with Crippen LogP contribution in [0.4, 0.5) is 24.5 Å². The summed E-state index contributed by atoms with van der Waals surface area (Å²) >= 11 is 0. The first-order valence-corrected chi connectivity index (χ1v) is 5.63.